The summed E-state index contributed by atoms with van der Waals surface area (Å²) in [6.07, 6.45) is 1.13. The number of nitrogens with zero attached hydrogens (tertiary/aromatic N) is 4. The lowest BCUT2D eigenvalue weighted by molar-refractivity contribution is -0.385. The third-order valence-corrected chi connectivity index (χ3v) is 4.07. The summed E-state index contributed by atoms with van der Waals surface area (Å²) in [5.74, 6) is -0.766. The molecule has 0 aliphatic carbocycles. The normalized spacial score (nSPS) is 10.7. The topological polar surface area (TPSA) is 111 Å². The van der Waals surface area contributed by atoms with Crippen LogP contribution in [0.5, 0.6) is 0 Å². The second kappa shape index (κ2) is 5.24. The van der Waals surface area contributed by atoms with Crippen molar-refractivity contribution in [1.82, 2.24) is 14.8 Å². The van der Waals surface area contributed by atoms with Crippen LogP contribution >= 0.6 is 15.9 Å². The number of halogens is 1. The summed E-state index contributed by atoms with van der Waals surface area (Å²) < 4.78 is 1.76. The molecule has 2 rings (SSSR count). The van der Waals surface area contributed by atoms with Crippen molar-refractivity contribution in [1.29, 1.82) is 0 Å². The number of carboxylic acid groups (broad SMARTS) is 1. The Morgan fingerprint density at radius 1 is 1.43 bits per heavy atom. The van der Waals surface area contributed by atoms with Crippen LogP contribution in [0.3, 0.4) is 0 Å². The van der Waals surface area contributed by atoms with Crippen molar-refractivity contribution in [3.63, 3.8) is 0 Å². The van der Waals surface area contributed by atoms with Gasteiger partial charge in [-0.15, -0.1) is 0 Å². The Hall–Kier alpha value is -2.29. The zero-order valence-electron chi connectivity index (χ0n) is 11.4. The maximum Gasteiger partial charge on any atom is 0.339 e. The van der Waals surface area contributed by atoms with Crippen LogP contribution < -0.4 is 0 Å². The van der Waals surface area contributed by atoms with E-state index >= 15 is 0 Å². The summed E-state index contributed by atoms with van der Waals surface area (Å²) in [6.45, 7) is 4.77. The molecule has 21 heavy (non-hydrogen) atoms. The van der Waals surface area contributed by atoms with Gasteiger partial charge in [-0.25, -0.2) is 14.5 Å². The van der Waals surface area contributed by atoms with Crippen molar-refractivity contribution in [3.8, 4) is 5.82 Å². The third-order valence-electron chi connectivity index (χ3n) is 3.12. The first kappa shape index (κ1) is 15.1. The number of carbonyl (C=O) groups is 1. The van der Waals surface area contributed by atoms with Crippen LogP contribution in [-0.4, -0.2) is 30.8 Å². The monoisotopic (exact) mass is 354 g/mol. The SMILES string of the molecule is Cc1nn(-c2ncc([N+](=O)[O-])c(C)c2Br)c(C)c1C(=O)O. The van der Waals surface area contributed by atoms with Crippen LogP contribution in [0.15, 0.2) is 10.7 Å². The summed E-state index contributed by atoms with van der Waals surface area (Å²) >= 11 is 3.27. The summed E-state index contributed by atoms with van der Waals surface area (Å²) in [6, 6.07) is 0. The first-order valence-electron chi connectivity index (χ1n) is 5.85. The van der Waals surface area contributed by atoms with E-state index in [0.717, 1.165) is 6.20 Å². The van der Waals surface area contributed by atoms with Gasteiger partial charge in [0.25, 0.3) is 5.69 Å². The zero-order valence-corrected chi connectivity index (χ0v) is 13.0. The zero-order chi connectivity index (χ0) is 15.9. The molecule has 8 nitrogen and oxygen atoms in total. The molecule has 0 amide bonds. The highest BCUT2D eigenvalue weighted by atomic mass is 79.9. The van der Waals surface area contributed by atoms with Gasteiger partial charge in [0, 0.05) is 5.56 Å². The molecule has 0 aliphatic rings. The lowest BCUT2D eigenvalue weighted by atomic mass is 10.2. The van der Waals surface area contributed by atoms with Gasteiger partial charge in [-0.05, 0) is 36.7 Å². The molecule has 2 aromatic heterocycles. The van der Waals surface area contributed by atoms with Crippen molar-refractivity contribution in [2.24, 2.45) is 0 Å². The average molecular weight is 355 g/mol. The van der Waals surface area contributed by atoms with E-state index in [1.807, 2.05) is 0 Å². The van der Waals surface area contributed by atoms with E-state index in [9.17, 15) is 20.0 Å². The molecule has 1 N–H and O–H groups in total. The van der Waals surface area contributed by atoms with Crippen molar-refractivity contribution in [3.05, 3.63) is 43.3 Å². The molecule has 0 radical (unpaired) electrons. The standard InChI is InChI=1S/C12H11BrN4O4/c1-5-8(17(20)21)4-14-11(10(5)13)16-7(3)9(12(18)19)6(2)15-16/h4H,1-3H3,(H,18,19). The maximum atomic E-state index is 11.2. The minimum atomic E-state index is -1.08. The van der Waals surface area contributed by atoms with Crippen molar-refractivity contribution in [2.75, 3.05) is 0 Å². The molecule has 0 bridgehead atoms. The Morgan fingerprint density at radius 3 is 2.52 bits per heavy atom. The second-order valence-electron chi connectivity index (χ2n) is 4.43. The number of pyridine rings is 1. The van der Waals surface area contributed by atoms with E-state index < -0.39 is 10.9 Å². The van der Waals surface area contributed by atoms with Gasteiger partial charge in [0.05, 0.1) is 20.8 Å². The molecule has 0 saturated heterocycles. The van der Waals surface area contributed by atoms with E-state index in [1.165, 1.54) is 4.68 Å². The lowest BCUT2D eigenvalue weighted by Gasteiger charge is -2.08. The van der Waals surface area contributed by atoms with Crippen LogP contribution in [0.2, 0.25) is 0 Å². The largest absolute Gasteiger partial charge is 0.478 e. The van der Waals surface area contributed by atoms with Crippen LogP contribution in [0.25, 0.3) is 5.82 Å². The Kier molecular flexibility index (Phi) is 3.77. The summed E-state index contributed by atoms with van der Waals surface area (Å²) in [5.41, 5.74) is 1.13. The number of nitro groups is 1. The lowest BCUT2D eigenvalue weighted by Crippen LogP contribution is -2.07. The summed E-state index contributed by atoms with van der Waals surface area (Å²) in [5, 5.41) is 24.2. The Labute approximate surface area is 127 Å². The van der Waals surface area contributed by atoms with Gasteiger partial charge in [-0.3, -0.25) is 10.1 Å². The predicted octanol–water partition coefficient (Wildman–Crippen LogP) is 2.56. The molecular weight excluding hydrogens is 344 g/mol. The van der Waals surface area contributed by atoms with Crippen LogP contribution in [0.1, 0.15) is 27.3 Å². The number of aryl methyl sites for hydroxylation is 1. The van der Waals surface area contributed by atoms with E-state index in [4.69, 9.17) is 0 Å². The van der Waals surface area contributed by atoms with E-state index in [0.29, 0.717) is 27.2 Å². The van der Waals surface area contributed by atoms with Gasteiger partial charge in [0.2, 0.25) is 0 Å². The Balaban J connectivity index is 2.69. The minimum absolute atomic E-state index is 0.0969. The summed E-state index contributed by atoms with van der Waals surface area (Å²) in [4.78, 5) is 25.6. The van der Waals surface area contributed by atoms with Crippen molar-refractivity contribution >= 4 is 27.6 Å². The average Bonchev–Trinajstić information content (AvgIpc) is 2.67. The highest BCUT2D eigenvalue weighted by Gasteiger charge is 2.23. The highest BCUT2D eigenvalue weighted by molar-refractivity contribution is 9.10. The van der Waals surface area contributed by atoms with Gasteiger partial charge in [-0.1, -0.05) is 0 Å². The first-order chi connectivity index (χ1) is 9.75. The molecule has 0 fully saturated rings. The molecule has 0 unspecified atom stereocenters. The number of carboxylic acids is 1. The molecule has 2 aromatic rings. The van der Waals surface area contributed by atoms with Crippen LogP contribution in [0.4, 0.5) is 5.69 Å². The van der Waals surface area contributed by atoms with Gasteiger partial charge in [-0.2, -0.15) is 5.10 Å². The fraction of sp³-hybridized carbons (Fsp3) is 0.250. The maximum absolute atomic E-state index is 11.2. The van der Waals surface area contributed by atoms with Crippen LogP contribution in [-0.2, 0) is 0 Å². The smallest absolute Gasteiger partial charge is 0.339 e. The summed E-state index contributed by atoms with van der Waals surface area (Å²) in [7, 11) is 0. The number of hydrogen-bond donors (Lipinski definition) is 1. The molecule has 0 aliphatic heterocycles. The molecule has 0 spiro atoms. The molecular formula is C12H11BrN4O4. The molecule has 0 saturated carbocycles. The molecule has 2 heterocycles. The number of hydrogen-bond acceptors (Lipinski definition) is 5. The first-order valence-corrected chi connectivity index (χ1v) is 6.64. The van der Waals surface area contributed by atoms with Gasteiger partial charge in [0.1, 0.15) is 11.8 Å². The second-order valence-corrected chi connectivity index (χ2v) is 5.22. The minimum Gasteiger partial charge on any atom is -0.478 e. The Morgan fingerprint density at radius 2 is 2.05 bits per heavy atom. The molecule has 110 valence electrons. The fourth-order valence-electron chi connectivity index (χ4n) is 2.05. The number of aromatic nitrogens is 3. The Bertz CT molecular complexity index is 769. The van der Waals surface area contributed by atoms with Gasteiger partial charge in [0.15, 0.2) is 5.82 Å². The third kappa shape index (κ3) is 2.40. The van der Waals surface area contributed by atoms with E-state index in [-0.39, 0.29) is 11.3 Å². The van der Waals surface area contributed by atoms with E-state index in [1.54, 1.807) is 20.8 Å². The predicted molar refractivity (Wildman–Crippen MR) is 76.9 cm³/mol. The fourth-order valence-corrected chi connectivity index (χ4v) is 2.52. The van der Waals surface area contributed by atoms with E-state index in [2.05, 4.69) is 26.0 Å². The van der Waals surface area contributed by atoms with Gasteiger partial charge < -0.3 is 5.11 Å². The number of rotatable bonds is 3. The molecule has 0 atom stereocenters. The highest BCUT2D eigenvalue weighted by Crippen LogP contribution is 2.30. The quantitative estimate of drug-likeness (QED) is 0.669. The molecule has 0 aromatic carbocycles. The van der Waals surface area contributed by atoms with Crippen molar-refractivity contribution in [2.45, 2.75) is 20.8 Å². The van der Waals surface area contributed by atoms with Crippen LogP contribution in [0, 0.1) is 30.9 Å². The molecule has 9 heteroatoms. The number of aromatic carboxylic acids is 1. The van der Waals surface area contributed by atoms with Crippen molar-refractivity contribution < 1.29 is 14.8 Å². The van der Waals surface area contributed by atoms with Gasteiger partial charge >= 0.3 is 5.97 Å².